The first kappa shape index (κ1) is 19.0. The molecule has 0 atom stereocenters. The van der Waals surface area contributed by atoms with Gasteiger partial charge in [0.05, 0.1) is 7.11 Å². The van der Waals surface area contributed by atoms with Crippen molar-refractivity contribution in [3.05, 3.63) is 75.7 Å². The van der Waals surface area contributed by atoms with Crippen LogP contribution in [0.5, 0.6) is 5.75 Å². The lowest BCUT2D eigenvalue weighted by Gasteiger charge is -2.10. The van der Waals surface area contributed by atoms with Crippen molar-refractivity contribution in [1.82, 2.24) is 14.8 Å². The molecule has 0 spiro atoms. The number of thioether (sulfide) groups is 1. The highest BCUT2D eigenvalue weighted by Crippen LogP contribution is 2.27. The summed E-state index contributed by atoms with van der Waals surface area (Å²) in [4.78, 5) is 23.7. The molecule has 1 aromatic heterocycles. The van der Waals surface area contributed by atoms with E-state index in [4.69, 9.17) is 4.74 Å². The average molecular weight is 383 g/mol. The van der Waals surface area contributed by atoms with E-state index < -0.39 is 0 Å². The van der Waals surface area contributed by atoms with Crippen molar-refractivity contribution >= 4 is 17.5 Å². The van der Waals surface area contributed by atoms with Crippen LogP contribution in [-0.4, -0.2) is 27.7 Å². The van der Waals surface area contributed by atoms with Crippen LogP contribution in [0.2, 0.25) is 0 Å². The van der Waals surface area contributed by atoms with Crippen LogP contribution >= 0.6 is 11.8 Å². The van der Waals surface area contributed by atoms with Crippen LogP contribution in [0.15, 0.2) is 58.5 Å². The van der Waals surface area contributed by atoms with Crippen LogP contribution in [0.1, 0.15) is 28.4 Å². The molecule has 0 aliphatic heterocycles. The van der Waals surface area contributed by atoms with Gasteiger partial charge in [-0.1, -0.05) is 42.1 Å². The second-order valence-corrected chi connectivity index (χ2v) is 7.01. The molecule has 140 valence electrons. The van der Waals surface area contributed by atoms with Crippen LogP contribution in [-0.2, 0) is 18.7 Å². The van der Waals surface area contributed by atoms with Gasteiger partial charge < -0.3 is 4.74 Å². The third kappa shape index (κ3) is 4.68. The number of benzene rings is 2. The second kappa shape index (κ2) is 8.73. The molecule has 0 aliphatic carbocycles. The van der Waals surface area contributed by atoms with Crippen LogP contribution in [0, 0.1) is 0 Å². The zero-order chi connectivity index (χ0) is 19.2. The molecule has 6 nitrogen and oxygen atoms in total. The molecule has 0 unspecified atom stereocenters. The fourth-order valence-electron chi connectivity index (χ4n) is 2.75. The highest BCUT2D eigenvalue weighted by Gasteiger charge is 2.12. The Bertz CT molecular complexity index is 980. The minimum atomic E-state index is -0.224. The Hall–Kier alpha value is -2.80. The Morgan fingerprint density at radius 1 is 1.22 bits per heavy atom. The van der Waals surface area contributed by atoms with E-state index in [1.54, 1.807) is 23.8 Å². The lowest BCUT2D eigenvalue weighted by molar-refractivity contribution is 0.101. The maximum atomic E-state index is 12.1. The molecule has 0 amide bonds. The molecular formula is C20H21N3O3S. The first-order valence-electron chi connectivity index (χ1n) is 8.58. The Balaban J connectivity index is 1.74. The SMILES string of the molecule is COc1ccc(C(C)=O)cc1CSc1n[nH]c(=O)n1CCc1ccccc1. The number of Topliss-reactive ketones (excluding diaryl/α,β-unsaturated/α-hetero) is 1. The largest absolute Gasteiger partial charge is 0.496 e. The standard InChI is InChI=1S/C20H21N3O3S/c1-14(24)16-8-9-18(26-2)17(12-16)13-27-20-22-21-19(25)23(20)11-10-15-6-4-3-5-7-15/h3-9,12H,10-11,13H2,1-2H3,(H,21,25). The minimum Gasteiger partial charge on any atom is -0.496 e. The molecule has 7 heteroatoms. The first-order chi connectivity index (χ1) is 13.1. The highest BCUT2D eigenvalue weighted by atomic mass is 32.2. The van der Waals surface area contributed by atoms with Crippen molar-refractivity contribution in [2.75, 3.05) is 7.11 Å². The lowest BCUT2D eigenvalue weighted by Crippen LogP contribution is -2.18. The molecule has 0 fully saturated rings. The van der Waals surface area contributed by atoms with Gasteiger partial charge in [-0.25, -0.2) is 9.89 Å². The number of H-pyrrole nitrogens is 1. The van der Waals surface area contributed by atoms with Crippen LogP contribution in [0.4, 0.5) is 0 Å². The van der Waals surface area contributed by atoms with Gasteiger partial charge >= 0.3 is 5.69 Å². The number of hydrogen-bond acceptors (Lipinski definition) is 5. The number of rotatable bonds is 8. The molecule has 0 radical (unpaired) electrons. The van der Waals surface area contributed by atoms with Crippen LogP contribution < -0.4 is 10.4 Å². The van der Waals surface area contributed by atoms with Gasteiger partial charge in [-0.05, 0) is 37.1 Å². The summed E-state index contributed by atoms with van der Waals surface area (Å²) < 4.78 is 7.03. The number of carbonyl (C=O) groups is 1. The summed E-state index contributed by atoms with van der Waals surface area (Å²) in [5.41, 5.74) is 2.46. The average Bonchev–Trinajstić information content (AvgIpc) is 3.04. The summed E-state index contributed by atoms with van der Waals surface area (Å²) >= 11 is 1.44. The van der Waals surface area contributed by atoms with Gasteiger partial charge in [-0.2, -0.15) is 0 Å². The monoisotopic (exact) mass is 383 g/mol. The third-order valence-electron chi connectivity index (χ3n) is 4.23. The first-order valence-corrected chi connectivity index (χ1v) is 9.57. The predicted octanol–water partition coefficient (Wildman–Crippen LogP) is 3.32. The Labute approximate surface area is 161 Å². The van der Waals surface area contributed by atoms with Gasteiger partial charge in [0.25, 0.3) is 0 Å². The maximum absolute atomic E-state index is 12.1. The zero-order valence-corrected chi connectivity index (χ0v) is 16.1. The van der Waals surface area contributed by atoms with Crippen LogP contribution in [0.25, 0.3) is 0 Å². The van der Waals surface area contributed by atoms with Gasteiger partial charge in [0, 0.05) is 23.4 Å². The summed E-state index contributed by atoms with van der Waals surface area (Å²) in [5.74, 6) is 1.25. The number of ether oxygens (including phenoxy) is 1. The van der Waals surface area contributed by atoms with Crippen molar-refractivity contribution in [2.45, 2.75) is 30.8 Å². The van der Waals surface area contributed by atoms with Crippen molar-refractivity contribution < 1.29 is 9.53 Å². The molecule has 1 N–H and O–H groups in total. The number of nitrogens with one attached hydrogen (secondary N) is 1. The molecule has 0 bridgehead atoms. The van der Waals surface area contributed by atoms with Crippen molar-refractivity contribution in [3.63, 3.8) is 0 Å². The predicted molar refractivity (Wildman–Crippen MR) is 106 cm³/mol. The summed E-state index contributed by atoms with van der Waals surface area (Å²) in [6.07, 6.45) is 0.747. The summed E-state index contributed by atoms with van der Waals surface area (Å²) in [6, 6.07) is 15.4. The maximum Gasteiger partial charge on any atom is 0.343 e. The quantitative estimate of drug-likeness (QED) is 0.477. The zero-order valence-electron chi connectivity index (χ0n) is 15.3. The summed E-state index contributed by atoms with van der Waals surface area (Å²) in [5, 5.41) is 7.27. The van der Waals surface area contributed by atoms with Crippen molar-refractivity contribution in [1.29, 1.82) is 0 Å². The number of hydrogen-bond donors (Lipinski definition) is 1. The fourth-order valence-corrected chi connectivity index (χ4v) is 3.70. The highest BCUT2D eigenvalue weighted by molar-refractivity contribution is 7.98. The van der Waals surface area contributed by atoms with E-state index in [1.807, 2.05) is 36.4 Å². The van der Waals surface area contributed by atoms with E-state index in [2.05, 4.69) is 10.2 Å². The minimum absolute atomic E-state index is 0.00319. The van der Waals surface area contributed by atoms with E-state index in [0.717, 1.165) is 17.5 Å². The summed E-state index contributed by atoms with van der Waals surface area (Å²) in [7, 11) is 1.60. The van der Waals surface area contributed by atoms with Gasteiger partial charge in [-0.15, -0.1) is 5.10 Å². The number of ketones is 1. The molecule has 27 heavy (non-hydrogen) atoms. The Morgan fingerprint density at radius 2 is 2.00 bits per heavy atom. The van der Waals surface area contributed by atoms with E-state index >= 15 is 0 Å². The number of aromatic nitrogens is 3. The molecular weight excluding hydrogens is 362 g/mol. The van der Waals surface area contributed by atoms with E-state index in [-0.39, 0.29) is 11.5 Å². The van der Waals surface area contributed by atoms with Gasteiger partial charge in [0.2, 0.25) is 0 Å². The molecule has 3 aromatic rings. The number of aromatic amines is 1. The second-order valence-electron chi connectivity index (χ2n) is 6.07. The molecule has 0 aliphatic rings. The number of nitrogens with zero attached hydrogens (tertiary/aromatic N) is 2. The smallest absolute Gasteiger partial charge is 0.343 e. The summed E-state index contributed by atoms with van der Waals surface area (Å²) in [6.45, 7) is 2.08. The van der Waals surface area contributed by atoms with Gasteiger partial charge in [0.15, 0.2) is 10.9 Å². The normalized spacial score (nSPS) is 10.7. The Kier molecular flexibility index (Phi) is 6.13. The molecule has 1 heterocycles. The molecule has 0 saturated heterocycles. The number of aryl methyl sites for hydroxylation is 1. The lowest BCUT2D eigenvalue weighted by atomic mass is 10.1. The topological polar surface area (TPSA) is 77.0 Å². The number of methoxy groups -OCH3 is 1. The molecule has 2 aromatic carbocycles. The fraction of sp³-hybridized carbons (Fsp3) is 0.250. The van der Waals surface area contributed by atoms with Crippen LogP contribution in [0.3, 0.4) is 0 Å². The molecule has 3 rings (SSSR count). The van der Waals surface area contributed by atoms with E-state index in [1.165, 1.54) is 18.7 Å². The number of carbonyl (C=O) groups excluding carboxylic acids is 1. The Morgan fingerprint density at radius 3 is 2.70 bits per heavy atom. The third-order valence-corrected chi connectivity index (χ3v) is 5.26. The molecule has 0 saturated carbocycles. The van der Waals surface area contributed by atoms with E-state index in [0.29, 0.717) is 28.8 Å². The van der Waals surface area contributed by atoms with Crippen molar-refractivity contribution in [3.8, 4) is 5.75 Å². The van der Waals surface area contributed by atoms with Crippen molar-refractivity contribution in [2.24, 2.45) is 0 Å². The van der Waals surface area contributed by atoms with E-state index in [9.17, 15) is 9.59 Å². The van der Waals surface area contributed by atoms with Gasteiger partial charge in [0.1, 0.15) is 5.75 Å². The van der Waals surface area contributed by atoms with Gasteiger partial charge in [-0.3, -0.25) is 9.36 Å².